The normalized spacial score (nSPS) is 10.7. The second-order valence-electron chi connectivity index (χ2n) is 5.71. The Morgan fingerprint density at radius 1 is 1.14 bits per heavy atom. The van der Waals surface area contributed by atoms with Gasteiger partial charge in [0.15, 0.2) is 11.5 Å². The van der Waals surface area contributed by atoms with Crippen molar-refractivity contribution in [3.05, 3.63) is 81.8 Å². The SMILES string of the molecule is CCOc1cc(/C=N\NC(=O)c2ccc(F)cc2)ccc1OC(=O)c1cccs1. The predicted molar refractivity (Wildman–Crippen MR) is 108 cm³/mol. The van der Waals surface area contributed by atoms with Crippen LogP contribution in [0.3, 0.4) is 0 Å². The molecule has 1 aromatic heterocycles. The van der Waals surface area contributed by atoms with Gasteiger partial charge in [0.2, 0.25) is 0 Å². The van der Waals surface area contributed by atoms with Crippen LogP contribution in [0.25, 0.3) is 0 Å². The molecule has 1 N–H and O–H groups in total. The molecule has 2 aromatic carbocycles. The molecule has 0 aliphatic heterocycles. The molecule has 0 fully saturated rings. The number of thiophene rings is 1. The zero-order chi connectivity index (χ0) is 20.6. The highest BCUT2D eigenvalue weighted by molar-refractivity contribution is 7.12. The van der Waals surface area contributed by atoms with E-state index in [9.17, 15) is 14.0 Å². The van der Waals surface area contributed by atoms with Gasteiger partial charge < -0.3 is 9.47 Å². The minimum atomic E-state index is -0.465. The van der Waals surface area contributed by atoms with Gasteiger partial charge in [-0.1, -0.05) is 6.07 Å². The number of esters is 1. The topological polar surface area (TPSA) is 77.0 Å². The Kier molecular flexibility index (Phi) is 6.70. The number of rotatable bonds is 7. The van der Waals surface area contributed by atoms with E-state index in [0.29, 0.717) is 22.8 Å². The molecule has 0 aliphatic rings. The van der Waals surface area contributed by atoms with Gasteiger partial charge in [-0.15, -0.1) is 11.3 Å². The summed E-state index contributed by atoms with van der Waals surface area (Å²) in [6.07, 6.45) is 1.43. The van der Waals surface area contributed by atoms with Gasteiger partial charge in [-0.2, -0.15) is 5.10 Å². The van der Waals surface area contributed by atoms with Crippen molar-refractivity contribution < 1.29 is 23.5 Å². The first kappa shape index (κ1) is 20.2. The highest BCUT2D eigenvalue weighted by Gasteiger charge is 2.14. The van der Waals surface area contributed by atoms with E-state index in [1.165, 1.54) is 41.8 Å². The molecule has 0 bridgehead atoms. The summed E-state index contributed by atoms with van der Waals surface area (Å²) in [6, 6.07) is 13.5. The maximum Gasteiger partial charge on any atom is 0.353 e. The van der Waals surface area contributed by atoms with Gasteiger partial charge in [-0.05, 0) is 66.4 Å². The third-order valence-corrected chi connectivity index (χ3v) is 4.53. The van der Waals surface area contributed by atoms with Crippen LogP contribution < -0.4 is 14.9 Å². The highest BCUT2D eigenvalue weighted by Crippen LogP contribution is 2.29. The third kappa shape index (κ3) is 5.49. The summed E-state index contributed by atoms with van der Waals surface area (Å²) in [4.78, 5) is 24.6. The minimum Gasteiger partial charge on any atom is -0.490 e. The second kappa shape index (κ2) is 9.61. The third-order valence-electron chi connectivity index (χ3n) is 3.68. The van der Waals surface area contributed by atoms with Crippen LogP contribution in [-0.2, 0) is 0 Å². The average Bonchev–Trinajstić information content (AvgIpc) is 3.25. The van der Waals surface area contributed by atoms with E-state index in [4.69, 9.17) is 9.47 Å². The first-order chi connectivity index (χ1) is 14.1. The molecule has 0 atom stereocenters. The average molecular weight is 412 g/mol. The van der Waals surface area contributed by atoms with E-state index in [1.54, 1.807) is 35.7 Å². The van der Waals surface area contributed by atoms with Crippen molar-refractivity contribution in [3.8, 4) is 11.5 Å². The maximum absolute atomic E-state index is 12.9. The molecule has 0 spiro atoms. The molecule has 3 aromatic rings. The number of benzene rings is 2. The van der Waals surface area contributed by atoms with E-state index < -0.39 is 17.7 Å². The molecule has 0 aliphatic carbocycles. The molecule has 0 saturated heterocycles. The second-order valence-corrected chi connectivity index (χ2v) is 6.66. The minimum absolute atomic E-state index is 0.286. The quantitative estimate of drug-likeness (QED) is 0.272. The molecular weight excluding hydrogens is 395 g/mol. The number of carbonyl (C=O) groups excluding carboxylic acids is 2. The Hall–Kier alpha value is -3.52. The number of nitrogens with zero attached hydrogens (tertiary/aromatic N) is 1. The molecule has 29 heavy (non-hydrogen) atoms. The van der Waals surface area contributed by atoms with Crippen molar-refractivity contribution in [2.24, 2.45) is 5.10 Å². The maximum atomic E-state index is 12.9. The first-order valence-corrected chi connectivity index (χ1v) is 9.56. The standard InChI is InChI=1S/C21H17FN2O4S/c1-2-27-18-12-14(5-10-17(18)28-21(26)19-4-3-11-29-19)13-23-24-20(25)15-6-8-16(22)9-7-15/h3-13H,2H2,1H3,(H,24,25)/b23-13-. The van der Waals surface area contributed by atoms with Crippen LogP contribution in [0.15, 0.2) is 65.1 Å². The van der Waals surface area contributed by atoms with Crippen molar-refractivity contribution in [3.63, 3.8) is 0 Å². The fourth-order valence-corrected chi connectivity index (χ4v) is 2.93. The molecule has 0 unspecified atom stereocenters. The van der Waals surface area contributed by atoms with Gasteiger partial charge in [0, 0.05) is 5.56 Å². The van der Waals surface area contributed by atoms with Gasteiger partial charge in [0.25, 0.3) is 5.91 Å². The fourth-order valence-electron chi connectivity index (χ4n) is 2.33. The zero-order valence-electron chi connectivity index (χ0n) is 15.4. The zero-order valence-corrected chi connectivity index (χ0v) is 16.2. The summed E-state index contributed by atoms with van der Waals surface area (Å²) < 4.78 is 23.9. The van der Waals surface area contributed by atoms with E-state index in [2.05, 4.69) is 10.5 Å². The van der Waals surface area contributed by atoms with Crippen LogP contribution >= 0.6 is 11.3 Å². The summed E-state index contributed by atoms with van der Waals surface area (Å²) in [6.45, 7) is 2.19. The lowest BCUT2D eigenvalue weighted by atomic mass is 10.2. The molecule has 1 amide bonds. The molecule has 1 heterocycles. The molecule has 6 nitrogen and oxygen atoms in total. The van der Waals surface area contributed by atoms with E-state index in [0.717, 1.165) is 0 Å². The number of hydrazone groups is 1. The Bertz CT molecular complexity index is 1020. The lowest BCUT2D eigenvalue weighted by Crippen LogP contribution is -2.17. The Balaban J connectivity index is 1.68. The number of hydrogen-bond donors (Lipinski definition) is 1. The monoisotopic (exact) mass is 412 g/mol. The van der Waals surface area contributed by atoms with Crippen molar-refractivity contribution in [1.29, 1.82) is 0 Å². The van der Waals surface area contributed by atoms with Crippen molar-refractivity contribution >= 4 is 29.4 Å². The Morgan fingerprint density at radius 3 is 2.62 bits per heavy atom. The number of halogens is 1. The van der Waals surface area contributed by atoms with Gasteiger partial charge in [0.05, 0.1) is 12.8 Å². The van der Waals surface area contributed by atoms with Gasteiger partial charge >= 0.3 is 5.97 Å². The number of amides is 1. The summed E-state index contributed by atoms with van der Waals surface area (Å²) >= 11 is 1.29. The van der Waals surface area contributed by atoms with E-state index >= 15 is 0 Å². The van der Waals surface area contributed by atoms with Crippen molar-refractivity contribution in [2.45, 2.75) is 6.92 Å². The highest BCUT2D eigenvalue weighted by atomic mass is 32.1. The predicted octanol–water partition coefficient (Wildman–Crippen LogP) is 4.27. The van der Waals surface area contributed by atoms with Crippen molar-refractivity contribution in [1.82, 2.24) is 5.43 Å². The van der Waals surface area contributed by atoms with Crippen LogP contribution in [-0.4, -0.2) is 24.7 Å². The lowest BCUT2D eigenvalue weighted by molar-refractivity contribution is 0.0733. The summed E-state index contributed by atoms with van der Waals surface area (Å²) in [7, 11) is 0. The molecule has 0 saturated carbocycles. The molecule has 148 valence electrons. The van der Waals surface area contributed by atoms with Crippen LogP contribution in [0.2, 0.25) is 0 Å². The van der Waals surface area contributed by atoms with Gasteiger partial charge in [-0.3, -0.25) is 4.79 Å². The van der Waals surface area contributed by atoms with Crippen LogP contribution in [0, 0.1) is 5.82 Å². The number of nitrogens with one attached hydrogen (secondary N) is 1. The van der Waals surface area contributed by atoms with Gasteiger partial charge in [0.1, 0.15) is 10.7 Å². The summed E-state index contributed by atoms with van der Waals surface area (Å²) in [5, 5.41) is 5.68. The number of ether oxygens (including phenoxy) is 2. The van der Waals surface area contributed by atoms with E-state index in [1.807, 2.05) is 6.92 Å². The summed E-state index contributed by atoms with van der Waals surface area (Å²) in [5.74, 6) is -0.681. The Labute approximate surface area is 170 Å². The van der Waals surface area contributed by atoms with Crippen LogP contribution in [0.5, 0.6) is 11.5 Å². The Morgan fingerprint density at radius 2 is 1.93 bits per heavy atom. The van der Waals surface area contributed by atoms with Crippen LogP contribution in [0.4, 0.5) is 4.39 Å². The summed E-state index contributed by atoms with van der Waals surface area (Å²) in [5.41, 5.74) is 3.28. The van der Waals surface area contributed by atoms with Gasteiger partial charge in [-0.25, -0.2) is 14.6 Å². The molecule has 8 heteroatoms. The molecule has 0 radical (unpaired) electrons. The largest absolute Gasteiger partial charge is 0.490 e. The van der Waals surface area contributed by atoms with Crippen LogP contribution in [0.1, 0.15) is 32.5 Å². The first-order valence-electron chi connectivity index (χ1n) is 8.68. The number of carbonyl (C=O) groups is 2. The van der Waals surface area contributed by atoms with Crippen molar-refractivity contribution in [2.75, 3.05) is 6.61 Å². The smallest absolute Gasteiger partial charge is 0.353 e. The van der Waals surface area contributed by atoms with E-state index in [-0.39, 0.29) is 11.3 Å². The molecule has 3 rings (SSSR count). The molecular formula is C21H17FN2O4S. The number of hydrogen-bond acceptors (Lipinski definition) is 6. The fraction of sp³-hybridized carbons (Fsp3) is 0.0952. The lowest BCUT2D eigenvalue weighted by Gasteiger charge is -2.10.